The predicted molar refractivity (Wildman–Crippen MR) is 76.7 cm³/mol. The first-order valence-electron chi connectivity index (χ1n) is 7.22. The third kappa shape index (κ3) is 3.22. The van der Waals surface area contributed by atoms with Crippen LogP contribution in [0.4, 0.5) is 0 Å². The van der Waals surface area contributed by atoms with Crippen LogP contribution in [0.2, 0.25) is 0 Å². The Hall–Kier alpha value is -1.33. The fourth-order valence-electron chi connectivity index (χ4n) is 2.82. The van der Waals surface area contributed by atoms with Crippen molar-refractivity contribution < 1.29 is 14.3 Å². The first-order chi connectivity index (χ1) is 9.52. The Morgan fingerprint density at radius 2 is 2.00 bits per heavy atom. The molecule has 1 N–H and O–H groups in total. The summed E-state index contributed by atoms with van der Waals surface area (Å²) in [6, 6.07) is 1.96. The second kappa shape index (κ2) is 6.41. The molecule has 20 heavy (non-hydrogen) atoms. The monoisotopic (exact) mass is 280 g/mol. The van der Waals surface area contributed by atoms with E-state index in [-0.39, 0.29) is 18.4 Å². The van der Waals surface area contributed by atoms with Crippen molar-refractivity contribution in [2.45, 2.75) is 26.7 Å². The second-order valence-corrected chi connectivity index (χ2v) is 5.48. The Labute approximate surface area is 120 Å². The van der Waals surface area contributed by atoms with Crippen LogP contribution in [0.1, 0.15) is 29.9 Å². The van der Waals surface area contributed by atoms with E-state index in [9.17, 15) is 4.79 Å². The van der Waals surface area contributed by atoms with E-state index in [4.69, 9.17) is 9.52 Å². The highest BCUT2D eigenvalue weighted by atomic mass is 16.3. The molecule has 1 atom stereocenters. The molecule has 1 aliphatic rings. The fourth-order valence-corrected chi connectivity index (χ4v) is 2.82. The van der Waals surface area contributed by atoms with Crippen LogP contribution in [0, 0.1) is 13.8 Å². The smallest absolute Gasteiger partial charge is 0.230 e. The molecule has 1 aromatic rings. The summed E-state index contributed by atoms with van der Waals surface area (Å²) in [6.07, 6.45) is 0. The minimum atomic E-state index is -0.156. The standard InChI is InChI=1S/C15H24N2O3/c1-11-10-14(13(3)20-11)12(2)15(19)17-6-4-16(5-7-17)8-9-18/h10,12,18H,4-9H2,1-3H3/t12-/m1/s1. The van der Waals surface area contributed by atoms with Gasteiger partial charge in [-0.2, -0.15) is 0 Å². The van der Waals surface area contributed by atoms with E-state index in [1.165, 1.54) is 0 Å². The number of β-amino-alcohol motifs (C(OH)–C–C–N with tert-alkyl or cyclic N) is 1. The molecule has 0 saturated carbocycles. The highest BCUT2D eigenvalue weighted by Crippen LogP contribution is 2.25. The van der Waals surface area contributed by atoms with Gasteiger partial charge in [-0.3, -0.25) is 9.69 Å². The molecule has 1 saturated heterocycles. The maximum Gasteiger partial charge on any atom is 0.230 e. The Morgan fingerprint density at radius 3 is 2.50 bits per heavy atom. The summed E-state index contributed by atoms with van der Waals surface area (Å²) in [5.41, 5.74) is 0.991. The number of aliphatic hydroxyl groups excluding tert-OH is 1. The lowest BCUT2D eigenvalue weighted by molar-refractivity contribution is -0.134. The minimum absolute atomic E-state index is 0.156. The Morgan fingerprint density at radius 1 is 1.35 bits per heavy atom. The quantitative estimate of drug-likeness (QED) is 0.898. The molecule has 2 heterocycles. The summed E-state index contributed by atoms with van der Waals surface area (Å²) >= 11 is 0. The normalized spacial score (nSPS) is 18.3. The summed E-state index contributed by atoms with van der Waals surface area (Å²) in [5, 5.41) is 8.93. The summed E-state index contributed by atoms with van der Waals surface area (Å²) in [7, 11) is 0. The van der Waals surface area contributed by atoms with E-state index in [0.29, 0.717) is 6.54 Å². The van der Waals surface area contributed by atoms with Crippen molar-refractivity contribution in [3.63, 3.8) is 0 Å². The number of nitrogens with zero attached hydrogens (tertiary/aromatic N) is 2. The van der Waals surface area contributed by atoms with E-state index in [2.05, 4.69) is 4.90 Å². The average Bonchev–Trinajstić information content (AvgIpc) is 2.77. The van der Waals surface area contributed by atoms with Gasteiger partial charge in [0.2, 0.25) is 5.91 Å². The molecule has 0 radical (unpaired) electrons. The number of carbonyl (C=O) groups is 1. The number of piperazine rings is 1. The van der Waals surface area contributed by atoms with Crippen molar-refractivity contribution >= 4 is 5.91 Å². The molecule has 1 aliphatic heterocycles. The largest absolute Gasteiger partial charge is 0.466 e. The summed E-state index contributed by atoms with van der Waals surface area (Å²) in [6.45, 7) is 9.77. The van der Waals surface area contributed by atoms with Crippen LogP contribution in [0.25, 0.3) is 0 Å². The Bertz CT molecular complexity index is 462. The number of aliphatic hydroxyl groups is 1. The molecular weight excluding hydrogens is 256 g/mol. The summed E-state index contributed by atoms with van der Waals surface area (Å²) in [4.78, 5) is 16.6. The molecule has 1 aromatic heterocycles. The van der Waals surface area contributed by atoms with Gasteiger partial charge in [-0.1, -0.05) is 0 Å². The molecule has 5 heteroatoms. The van der Waals surface area contributed by atoms with Crippen LogP contribution in [-0.2, 0) is 4.79 Å². The van der Waals surface area contributed by atoms with Crippen molar-refractivity contribution in [3.05, 3.63) is 23.2 Å². The number of furan rings is 1. The SMILES string of the molecule is Cc1cc([C@@H](C)C(=O)N2CCN(CCO)CC2)c(C)o1. The molecule has 0 aromatic carbocycles. The van der Waals surface area contributed by atoms with E-state index in [1.807, 2.05) is 31.7 Å². The lowest BCUT2D eigenvalue weighted by atomic mass is 9.99. The summed E-state index contributed by atoms with van der Waals surface area (Å²) < 4.78 is 5.52. The van der Waals surface area contributed by atoms with Crippen LogP contribution in [0.5, 0.6) is 0 Å². The predicted octanol–water partition coefficient (Wildman–Crippen LogP) is 1.14. The van der Waals surface area contributed by atoms with Crippen LogP contribution in [0.3, 0.4) is 0 Å². The van der Waals surface area contributed by atoms with Crippen molar-refractivity contribution in [1.82, 2.24) is 9.80 Å². The highest BCUT2D eigenvalue weighted by molar-refractivity contribution is 5.83. The van der Waals surface area contributed by atoms with Gasteiger partial charge >= 0.3 is 0 Å². The number of aryl methyl sites for hydroxylation is 2. The van der Waals surface area contributed by atoms with E-state index >= 15 is 0 Å². The minimum Gasteiger partial charge on any atom is -0.466 e. The molecular formula is C15H24N2O3. The maximum atomic E-state index is 12.5. The molecule has 0 bridgehead atoms. The second-order valence-electron chi connectivity index (χ2n) is 5.48. The van der Waals surface area contributed by atoms with Gasteiger partial charge in [-0.05, 0) is 26.8 Å². The van der Waals surface area contributed by atoms with Gasteiger partial charge in [0.15, 0.2) is 0 Å². The van der Waals surface area contributed by atoms with Gasteiger partial charge in [-0.25, -0.2) is 0 Å². The fraction of sp³-hybridized carbons (Fsp3) is 0.667. The lowest BCUT2D eigenvalue weighted by Crippen LogP contribution is -2.50. The molecule has 0 unspecified atom stereocenters. The Balaban J connectivity index is 1.96. The lowest BCUT2D eigenvalue weighted by Gasteiger charge is -2.35. The van der Waals surface area contributed by atoms with Gasteiger partial charge in [-0.15, -0.1) is 0 Å². The van der Waals surface area contributed by atoms with Crippen molar-refractivity contribution in [1.29, 1.82) is 0 Å². The molecule has 0 spiro atoms. The van der Waals surface area contributed by atoms with E-state index < -0.39 is 0 Å². The average molecular weight is 280 g/mol. The molecule has 112 valence electrons. The number of carbonyl (C=O) groups excluding carboxylic acids is 1. The van der Waals surface area contributed by atoms with Crippen molar-refractivity contribution in [3.8, 4) is 0 Å². The number of rotatable bonds is 4. The van der Waals surface area contributed by atoms with Gasteiger partial charge in [0.25, 0.3) is 0 Å². The molecule has 1 amide bonds. The van der Waals surface area contributed by atoms with Crippen molar-refractivity contribution in [2.75, 3.05) is 39.3 Å². The third-order valence-electron chi connectivity index (χ3n) is 4.02. The zero-order chi connectivity index (χ0) is 14.7. The Kier molecular flexibility index (Phi) is 4.83. The van der Waals surface area contributed by atoms with Gasteiger partial charge < -0.3 is 14.4 Å². The zero-order valence-corrected chi connectivity index (χ0v) is 12.6. The molecule has 2 rings (SSSR count). The highest BCUT2D eigenvalue weighted by Gasteiger charge is 2.27. The van der Waals surface area contributed by atoms with Gasteiger partial charge in [0.05, 0.1) is 12.5 Å². The van der Waals surface area contributed by atoms with Crippen molar-refractivity contribution in [2.24, 2.45) is 0 Å². The zero-order valence-electron chi connectivity index (χ0n) is 12.6. The number of amides is 1. The van der Waals surface area contributed by atoms with E-state index in [0.717, 1.165) is 43.3 Å². The molecule has 1 fully saturated rings. The molecule has 0 aliphatic carbocycles. The van der Waals surface area contributed by atoms with Crippen LogP contribution >= 0.6 is 0 Å². The molecule has 5 nitrogen and oxygen atoms in total. The summed E-state index contributed by atoms with van der Waals surface area (Å²) in [5.74, 6) is 1.70. The van der Waals surface area contributed by atoms with Crippen LogP contribution in [0.15, 0.2) is 10.5 Å². The third-order valence-corrected chi connectivity index (χ3v) is 4.02. The first kappa shape index (κ1) is 15.1. The maximum absolute atomic E-state index is 12.5. The topological polar surface area (TPSA) is 56.9 Å². The number of hydrogen-bond donors (Lipinski definition) is 1. The van der Waals surface area contributed by atoms with Gasteiger partial charge in [0.1, 0.15) is 11.5 Å². The van der Waals surface area contributed by atoms with E-state index in [1.54, 1.807) is 0 Å². The number of hydrogen-bond acceptors (Lipinski definition) is 4. The van der Waals surface area contributed by atoms with Gasteiger partial charge in [0, 0.05) is 38.3 Å². The van der Waals surface area contributed by atoms with Crippen LogP contribution in [-0.4, -0.2) is 60.1 Å². The van der Waals surface area contributed by atoms with Crippen LogP contribution < -0.4 is 0 Å². The first-order valence-corrected chi connectivity index (χ1v) is 7.22.